The summed E-state index contributed by atoms with van der Waals surface area (Å²) in [5.41, 5.74) is 1.19. The van der Waals surface area contributed by atoms with Gasteiger partial charge in [-0.25, -0.2) is 0 Å². The molecule has 0 radical (unpaired) electrons. The van der Waals surface area contributed by atoms with Crippen molar-refractivity contribution < 1.29 is 5.11 Å². The van der Waals surface area contributed by atoms with Gasteiger partial charge in [-0.3, -0.25) is 4.90 Å². The fraction of sp³-hybridized carbons (Fsp3) is 0.333. The highest BCUT2D eigenvalue weighted by Gasteiger charge is 2.25. The van der Waals surface area contributed by atoms with Crippen molar-refractivity contribution in [3.05, 3.63) is 49.0 Å². The van der Waals surface area contributed by atoms with Crippen molar-refractivity contribution in [1.82, 2.24) is 10.2 Å². The van der Waals surface area contributed by atoms with Crippen molar-refractivity contribution in [2.24, 2.45) is 0 Å². The van der Waals surface area contributed by atoms with Gasteiger partial charge < -0.3 is 10.4 Å². The van der Waals surface area contributed by atoms with Crippen LogP contribution >= 0.6 is 43.2 Å². The second-order valence-corrected chi connectivity index (χ2v) is 7.73. The van der Waals surface area contributed by atoms with Gasteiger partial charge in [0.05, 0.1) is 15.0 Å². The fourth-order valence-corrected chi connectivity index (χ4v) is 4.79. The molecule has 2 aromatic rings. The van der Waals surface area contributed by atoms with Crippen LogP contribution in [0, 0.1) is 0 Å². The topological polar surface area (TPSA) is 35.5 Å². The summed E-state index contributed by atoms with van der Waals surface area (Å²) in [5.74, 6) is 0.254. The molecule has 112 valence electrons. The van der Waals surface area contributed by atoms with Crippen LogP contribution in [-0.2, 0) is 0 Å². The van der Waals surface area contributed by atoms with Gasteiger partial charge in [0.15, 0.2) is 0 Å². The number of hydrogen-bond acceptors (Lipinski definition) is 4. The lowest BCUT2D eigenvalue weighted by atomic mass is 10.0. The minimum absolute atomic E-state index is 0.236. The van der Waals surface area contributed by atoms with Crippen molar-refractivity contribution in [3.63, 3.8) is 0 Å². The maximum absolute atomic E-state index is 9.94. The summed E-state index contributed by atoms with van der Waals surface area (Å²) in [7, 11) is 0. The maximum Gasteiger partial charge on any atom is 0.143 e. The number of phenols is 1. The Balaban J connectivity index is 2.02. The Morgan fingerprint density at radius 1 is 1.19 bits per heavy atom. The van der Waals surface area contributed by atoms with Gasteiger partial charge in [0.25, 0.3) is 0 Å². The number of benzene rings is 1. The summed E-state index contributed by atoms with van der Waals surface area (Å²) in [4.78, 5) is 3.83. The van der Waals surface area contributed by atoms with E-state index in [1.54, 1.807) is 11.3 Å². The molecule has 0 unspecified atom stereocenters. The van der Waals surface area contributed by atoms with Gasteiger partial charge in [0.1, 0.15) is 5.75 Å². The van der Waals surface area contributed by atoms with E-state index in [1.807, 2.05) is 12.1 Å². The van der Waals surface area contributed by atoms with Crippen LogP contribution in [0.25, 0.3) is 0 Å². The number of hydrogen-bond donors (Lipinski definition) is 2. The molecule has 1 atom stereocenters. The van der Waals surface area contributed by atoms with Crippen LogP contribution in [0.1, 0.15) is 16.5 Å². The van der Waals surface area contributed by atoms with E-state index >= 15 is 0 Å². The molecule has 21 heavy (non-hydrogen) atoms. The Labute approximate surface area is 145 Å². The van der Waals surface area contributed by atoms with E-state index < -0.39 is 0 Å². The SMILES string of the molecule is Oc1c(Br)cc([C@H](c2cccs2)N2CCNCC2)cc1Br. The van der Waals surface area contributed by atoms with Gasteiger partial charge in [-0.2, -0.15) is 0 Å². The number of phenolic OH excluding ortho intramolecular Hbond substituents is 1. The van der Waals surface area contributed by atoms with Crippen molar-refractivity contribution in [1.29, 1.82) is 0 Å². The Hall–Kier alpha value is -0.400. The Morgan fingerprint density at radius 3 is 2.43 bits per heavy atom. The second-order valence-electron chi connectivity index (χ2n) is 5.04. The van der Waals surface area contributed by atoms with Crippen molar-refractivity contribution in [3.8, 4) is 5.75 Å². The molecule has 1 aliphatic heterocycles. The molecule has 3 rings (SSSR count). The van der Waals surface area contributed by atoms with Crippen molar-refractivity contribution >= 4 is 43.2 Å². The Kier molecular flexibility index (Phi) is 5.01. The van der Waals surface area contributed by atoms with E-state index in [4.69, 9.17) is 0 Å². The fourth-order valence-electron chi connectivity index (χ4n) is 2.69. The third-order valence-corrected chi connectivity index (χ3v) is 5.82. The van der Waals surface area contributed by atoms with Crippen LogP contribution in [0.3, 0.4) is 0 Å². The highest BCUT2D eigenvalue weighted by atomic mass is 79.9. The van der Waals surface area contributed by atoms with E-state index in [1.165, 1.54) is 10.4 Å². The number of nitrogens with one attached hydrogen (secondary N) is 1. The van der Waals surface area contributed by atoms with Gasteiger partial charge in [0, 0.05) is 31.1 Å². The zero-order valence-corrected chi connectivity index (χ0v) is 15.3. The summed E-state index contributed by atoms with van der Waals surface area (Å²) in [6.07, 6.45) is 0. The van der Waals surface area contributed by atoms with Crippen LogP contribution in [0.5, 0.6) is 5.75 Å². The molecule has 1 aliphatic rings. The summed E-state index contributed by atoms with van der Waals surface area (Å²) in [6, 6.07) is 8.56. The first-order valence-electron chi connectivity index (χ1n) is 6.83. The average molecular weight is 432 g/mol. The largest absolute Gasteiger partial charge is 0.506 e. The van der Waals surface area contributed by atoms with Crippen LogP contribution in [0.4, 0.5) is 0 Å². The molecule has 1 aromatic carbocycles. The predicted octanol–water partition coefficient (Wildman–Crippen LogP) is 3.97. The van der Waals surface area contributed by atoms with Crippen LogP contribution < -0.4 is 5.32 Å². The Morgan fingerprint density at radius 2 is 1.86 bits per heavy atom. The molecule has 1 saturated heterocycles. The lowest BCUT2D eigenvalue weighted by molar-refractivity contribution is 0.200. The molecule has 0 amide bonds. The van der Waals surface area contributed by atoms with Gasteiger partial charge in [-0.05, 0) is 61.0 Å². The zero-order chi connectivity index (χ0) is 14.8. The highest BCUT2D eigenvalue weighted by molar-refractivity contribution is 9.11. The molecule has 1 aromatic heterocycles. The summed E-state index contributed by atoms with van der Waals surface area (Å²) in [6.45, 7) is 4.09. The molecule has 2 heterocycles. The lowest BCUT2D eigenvalue weighted by Gasteiger charge is -2.35. The molecule has 3 nitrogen and oxygen atoms in total. The predicted molar refractivity (Wildman–Crippen MR) is 94.1 cm³/mol. The van der Waals surface area contributed by atoms with E-state index in [0.29, 0.717) is 0 Å². The summed E-state index contributed by atoms with van der Waals surface area (Å²) < 4.78 is 1.45. The molecule has 0 saturated carbocycles. The number of nitrogens with zero attached hydrogens (tertiary/aromatic N) is 1. The third-order valence-electron chi connectivity index (χ3n) is 3.68. The van der Waals surface area contributed by atoms with Crippen LogP contribution in [-0.4, -0.2) is 36.2 Å². The first-order chi connectivity index (χ1) is 10.2. The molecule has 6 heteroatoms. The van der Waals surface area contributed by atoms with Crippen molar-refractivity contribution in [2.45, 2.75) is 6.04 Å². The number of piperazine rings is 1. The monoisotopic (exact) mass is 430 g/mol. The summed E-state index contributed by atoms with van der Waals surface area (Å²) >= 11 is 8.67. The first kappa shape index (κ1) is 15.5. The number of halogens is 2. The molecule has 0 aliphatic carbocycles. The number of rotatable bonds is 3. The minimum atomic E-state index is 0.236. The molecular formula is C15H16Br2N2OS. The van der Waals surface area contributed by atoms with Crippen molar-refractivity contribution in [2.75, 3.05) is 26.2 Å². The maximum atomic E-state index is 9.94. The van der Waals surface area contributed by atoms with Crippen LogP contribution in [0.2, 0.25) is 0 Å². The lowest BCUT2D eigenvalue weighted by Crippen LogP contribution is -2.45. The molecule has 0 bridgehead atoms. The number of thiophene rings is 1. The van der Waals surface area contributed by atoms with E-state index in [-0.39, 0.29) is 11.8 Å². The van der Waals surface area contributed by atoms with Gasteiger partial charge in [-0.1, -0.05) is 6.07 Å². The van der Waals surface area contributed by atoms with E-state index in [9.17, 15) is 5.11 Å². The number of aromatic hydroxyl groups is 1. The smallest absolute Gasteiger partial charge is 0.143 e. The van der Waals surface area contributed by atoms with E-state index in [0.717, 1.165) is 35.1 Å². The molecule has 1 fully saturated rings. The molecule has 0 spiro atoms. The van der Waals surface area contributed by atoms with Gasteiger partial charge in [0.2, 0.25) is 0 Å². The van der Waals surface area contributed by atoms with Crippen LogP contribution in [0.15, 0.2) is 38.6 Å². The van der Waals surface area contributed by atoms with Gasteiger partial charge >= 0.3 is 0 Å². The first-order valence-corrected chi connectivity index (χ1v) is 9.29. The van der Waals surface area contributed by atoms with Gasteiger partial charge in [-0.15, -0.1) is 11.3 Å². The Bertz CT molecular complexity index is 589. The normalized spacial score (nSPS) is 17.8. The third kappa shape index (κ3) is 3.35. The minimum Gasteiger partial charge on any atom is -0.506 e. The molecular weight excluding hydrogens is 416 g/mol. The molecule has 2 N–H and O–H groups in total. The standard InChI is InChI=1S/C15H16Br2N2OS/c16-11-8-10(9-12(17)15(11)20)14(13-2-1-7-21-13)19-5-3-18-4-6-19/h1-2,7-9,14,18,20H,3-6H2/t14-/m1/s1. The summed E-state index contributed by atoms with van der Waals surface area (Å²) in [5, 5.41) is 15.5. The zero-order valence-electron chi connectivity index (χ0n) is 11.4. The quantitative estimate of drug-likeness (QED) is 0.771. The highest BCUT2D eigenvalue weighted by Crippen LogP contribution is 2.39. The van der Waals surface area contributed by atoms with E-state index in [2.05, 4.69) is 59.6 Å². The second kappa shape index (κ2) is 6.79. The average Bonchev–Trinajstić information content (AvgIpc) is 3.00.